The molecule has 168 valence electrons. The van der Waals surface area contributed by atoms with Crippen molar-refractivity contribution in [3.8, 4) is 22.7 Å². The molecule has 0 unspecified atom stereocenters. The van der Waals surface area contributed by atoms with Crippen molar-refractivity contribution >= 4 is 46.3 Å². The maximum absolute atomic E-state index is 13.0. The summed E-state index contributed by atoms with van der Waals surface area (Å²) in [6, 6.07) is 17.3. The molecule has 0 bridgehead atoms. The summed E-state index contributed by atoms with van der Waals surface area (Å²) >= 11 is 6.59. The van der Waals surface area contributed by atoms with E-state index in [-0.39, 0.29) is 18.9 Å². The Morgan fingerprint density at radius 2 is 2.00 bits per heavy atom. The molecule has 4 rings (SSSR count). The average molecular weight is 480 g/mol. The van der Waals surface area contributed by atoms with Gasteiger partial charge in [0.2, 0.25) is 0 Å². The SMILES string of the molecule is COc1cccc(-c2nn(-c3ccccc3)cc2C=C2SC(=S)N(CCCC(=O)O)C2=O)c1. The Kier molecular flexibility index (Phi) is 6.90. The smallest absolute Gasteiger partial charge is 0.303 e. The summed E-state index contributed by atoms with van der Waals surface area (Å²) in [6.07, 6.45) is 3.99. The zero-order valence-corrected chi connectivity index (χ0v) is 19.4. The normalized spacial score (nSPS) is 14.8. The van der Waals surface area contributed by atoms with Crippen LogP contribution in [-0.2, 0) is 9.59 Å². The summed E-state index contributed by atoms with van der Waals surface area (Å²) in [5, 5.41) is 13.7. The Morgan fingerprint density at radius 1 is 1.21 bits per heavy atom. The molecule has 1 aromatic heterocycles. The first kappa shape index (κ1) is 22.8. The second-order valence-corrected chi connectivity index (χ2v) is 8.95. The van der Waals surface area contributed by atoms with Crippen LogP contribution in [0.15, 0.2) is 65.7 Å². The highest BCUT2D eigenvalue weighted by Gasteiger charge is 2.32. The van der Waals surface area contributed by atoms with Gasteiger partial charge < -0.3 is 9.84 Å². The summed E-state index contributed by atoms with van der Waals surface area (Å²) in [6.45, 7) is 0.278. The lowest BCUT2D eigenvalue weighted by Gasteiger charge is -2.13. The first-order chi connectivity index (χ1) is 16.0. The van der Waals surface area contributed by atoms with Crippen LogP contribution < -0.4 is 4.74 Å². The lowest BCUT2D eigenvalue weighted by atomic mass is 10.1. The largest absolute Gasteiger partial charge is 0.497 e. The van der Waals surface area contributed by atoms with Crippen LogP contribution >= 0.6 is 24.0 Å². The molecule has 0 saturated carbocycles. The molecule has 2 heterocycles. The molecule has 0 atom stereocenters. The van der Waals surface area contributed by atoms with Gasteiger partial charge in [0.1, 0.15) is 15.8 Å². The molecule has 9 heteroatoms. The summed E-state index contributed by atoms with van der Waals surface area (Å²) in [5.41, 5.74) is 3.21. The summed E-state index contributed by atoms with van der Waals surface area (Å²) < 4.78 is 7.56. The van der Waals surface area contributed by atoms with Crippen LogP contribution in [0, 0.1) is 0 Å². The minimum absolute atomic E-state index is 0.0139. The van der Waals surface area contributed by atoms with Gasteiger partial charge in [0.05, 0.1) is 17.7 Å². The lowest BCUT2D eigenvalue weighted by Crippen LogP contribution is -2.29. The van der Waals surface area contributed by atoms with Gasteiger partial charge in [-0.15, -0.1) is 0 Å². The number of nitrogens with zero attached hydrogens (tertiary/aromatic N) is 3. The fourth-order valence-electron chi connectivity index (χ4n) is 3.42. The number of carboxylic acids is 1. The van der Waals surface area contributed by atoms with E-state index in [4.69, 9.17) is 27.2 Å². The third kappa shape index (κ3) is 5.15. The van der Waals surface area contributed by atoms with Crippen molar-refractivity contribution in [2.24, 2.45) is 0 Å². The Labute approximate surface area is 200 Å². The second kappa shape index (κ2) is 10.0. The van der Waals surface area contributed by atoms with Crippen molar-refractivity contribution in [2.75, 3.05) is 13.7 Å². The average Bonchev–Trinajstić information content (AvgIpc) is 3.36. The number of methoxy groups -OCH3 is 1. The first-order valence-electron chi connectivity index (χ1n) is 10.2. The van der Waals surface area contributed by atoms with Crippen molar-refractivity contribution in [3.05, 3.63) is 71.3 Å². The molecule has 0 radical (unpaired) electrons. The van der Waals surface area contributed by atoms with Crippen LogP contribution in [0.1, 0.15) is 18.4 Å². The molecule has 1 aliphatic heterocycles. The molecule has 7 nitrogen and oxygen atoms in total. The van der Waals surface area contributed by atoms with Crippen LogP contribution in [0.4, 0.5) is 0 Å². The Hall–Kier alpha value is -3.43. The highest BCUT2D eigenvalue weighted by atomic mass is 32.2. The minimum atomic E-state index is -0.896. The molecule has 1 aliphatic rings. The van der Waals surface area contributed by atoms with Gasteiger partial charge in [0.15, 0.2) is 0 Å². The van der Waals surface area contributed by atoms with Gasteiger partial charge in [0.25, 0.3) is 5.91 Å². The van der Waals surface area contributed by atoms with E-state index in [0.29, 0.717) is 27.1 Å². The molecule has 1 saturated heterocycles. The van der Waals surface area contributed by atoms with Crippen molar-refractivity contribution in [3.63, 3.8) is 0 Å². The number of carbonyl (C=O) groups excluding carboxylic acids is 1. The number of ether oxygens (including phenoxy) is 1. The van der Waals surface area contributed by atoms with E-state index in [0.717, 1.165) is 16.8 Å². The van der Waals surface area contributed by atoms with Crippen molar-refractivity contribution < 1.29 is 19.4 Å². The highest BCUT2D eigenvalue weighted by Crippen LogP contribution is 2.35. The van der Waals surface area contributed by atoms with Crippen molar-refractivity contribution in [1.82, 2.24) is 14.7 Å². The molecular weight excluding hydrogens is 458 g/mol. The van der Waals surface area contributed by atoms with Crippen molar-refractivity contribution in [1.29, 1.82) is 0 Å². The fourth-order valence-corrected chi connectivity index (χ4v) is 4.72. The van der Waals surface area contributed by atoms with Gasteiger partial charge in [-0.2, -0.15) is 5.10 Å². The number of benzene rings is 2. The molecule has 0 spiro atoms. The number of aromatic nitrogens is 2. The van der Waals surface area contributed by atoms with E-state index in [9.17, 15) is 9.59 Å². The van der Waals surface area contributed by atoms with E-state index >= 15 is 0 Å². The number of amides is 1. The molecular formula is C24H21N3O4S2. The van der Waals surface area contributed by atoms with Gasteiger partial charge in [-0.25, -0.2) is 4.68 Å². The molecule has 33 heavy (non-hydrogen) atoms. The molecule has 1 N–H and O–H groups in total. The number of rotatable bonds is 8. The minimum Gasteiger partial charge on any atom is -0.497 e. The number of thiocarbonyl (C=S) groups is 1. The van der Waals surface area contributed by atoms with Crippen LogP contribution in [-0.4, -0.2) is 49.6 Å². The molecule has 1 fully saturated rings. The third-order valence-electron chi connectivity index (χ3n) is 5.04. The number of carboxylic acid groups (broad SMARTS) is 1. The van der Waals surface area contributed by atoms with Crippen LogP contribution in [0.2, 0.25) is 0 Å². The standard InChI is InChI=1S/C24H21N3O4S2/c1-31-19-10-5-7-16(13-19)22-17(15-27(25-22)18-8-3-2-4-9-18)14-20-23(30)26(24(32)33-20)12-6-11-21(28)29/h2-5,7-10,13-15H,6,11-12H2,1H3,(H,28,29). The second-order valence-electron chi connectivity index (χ2n) is 7.28. The van der Waals surface area contributed by atoms with E-state index < -0.39 is 5.97 Å². The van der Waals surface area contributed by atoms with Crippen LogP contribution in [0.5, 0.6) is 5.75 Å². The fraction of sp³-hybridized carbons (Fsp3) is 0.167. The predicted molar refractivity (Wildman–Crippen MR) is 132 cm³/mol. The number of carbonyl (C=O) groups is 2. The molecule has 2 aromatic carbocycles. The van der Waals surface area contributed by atoms with Crippen molar-refractivity contribution in [2.45, 2.75) is 12.8 Å². The number of aliphatic carboxylic acids is 1. The Bertz CT molecular complexity index is 1240. The molecule has 0 aliphatic carbocycles. The lowest BCUT2D eigenvalue weighted by molar-refractivity contribution is -0.137. The quantitative estimate of drug-likeness (QED) is 0.373. The number of hydrogen-bond donors (Lipinski definition) is 1. The van der Waals surface area contributed by atoms with Gasteiger partial charge in [-0.3, -0.25) is 14.5 Å². The van der Waals surface area contributed by atoms with Gasteiger partial charge >= 0.3 is 5.97 Å². The molecule has 3 aromatic rings. The predicted octanol–water partition coefficient (Wildman–Crippen LogP) is 4.61. The number of thioether (sulfide) groups is 1. The van der Waals surface area contributed by atoms with E-state index in [1.807, 2.05) is 60.8 Å². The van der Waals surface area contributed by atoms with Gasteiger partial charge in [0, 0.05) is 30.3 Å². The van der Waals surface area contributed by atoms with Gasteiger partial charge in [-0.1, -0.05) is 54.3 Å². The van der Waals surface area contributed by atoms with Crippen LogP contribution in [0.3, 0.4) is 0 Å². The highest BCUT2D eigenvalue weighted by molar-refractivity contribution is 8.26. The summed E-state index contributed by atoms with van der Waals surface area (Å²) in [7, 11) is 1.61. The topological polar surface area (TPSA) is 84.7 Å². The Balaban J connectivity index is 1.71. The monoisotopic (exact) mass is 479 g/mol. The number of hydrogen-bond acceptors (Lipinski definition) is 6. The number of para-hydroxylation sites is 1. The third-order valence-corrected chi connectivity index (χ3v) is 6.42. The first-order valence-corrected chi connectivity index (χ1v) is 11.5. The summed E-state index contributed by atoms with van der Waals surface area (Å²) in [4.78, 5) is 25.7. The maximum atomic E-state index is 13.0. The Morgan fingerprint density at radius 3 is 2.73 bits per heavy atom. The maximum Gasteiger partial charge on any atom is 0.303 e. The van der Waals surface area contributed by atoms with E-state index in [1.54, 1.807) is 17.9 Å². The van der Waals surface area contributed by atoms with Crippen LogP contribution in [0.25, 0.3) is 23.0 Å². The zero-order chi connectivity index (χ0) is 23.4. The van der Waals surface area contributed by atoms with E-state index in [1.165, 1.54) is 16.7 Å². The van der Waals surface area contributed by atoms with Gasteiger partial charge in [-0.05, 0) is 36.8 Å². The van der Waals surface area contributed by atoms with E-state index in [2.05, 4.69) is 0 Å². The summed E-state index contributed by atoms with van der Waals surface area (Å²) in [5.74, 6) is -0.413. The molecule has 1 amide bonds. The zero-order valence-electron chi connectivity index (χ0n) is 17.8.